The predicted octanol–water partition coefficient (Wildman–Crippen LogP) is 3.18. The smallest absolute Gasteiger partial charge is 0.258 e. The van der Waals surface area contributed by atoms with Gasteiger partial charge in [-0.05, 0) is 56.2 Å². The maximum atomic E-state index is 12.3. The van der Waals surface area contributed by atoms with Crippen molar-refractivity contribution in [2.45, 2.75) is 27.3 Å². The fourth-order valence-corrected chi connectivity index (χ4v) is 2.75. The van der Waals surface area contributed by atoms with E-state index >= 15 is 0 Å². The van der Waals surface area contributed by atoms with Crippen LogP contribution >= 0.6 is 0 Å². The van der Waals surface area contributed by atoms with Gasteiger partial charge in [-0.3, -0.25) is 9.59 Å². The highest BCUT2D eigenvalue weighted by atomic mass is 16.5. The average Bonchev–Trinajstić information content (AvgIpc) is 2.72. The Bertz CT molecular complexity index is 799. The van der Waals surface area contributed by atoms with Gasteiger partial charge in [-0.1, -0.05) is 18.2 Å². The number of nitrogens with zero attached hydrogens (tertiary/aromatic N) is 1. The zero-order chi connectivity index (χ0) is 20.5. The molecule has 0 aliphatic carbocycles. The van der Waals surface area contributed by atoms with Crippen LogP contribution in [-0.4, -0.2) is 43.5 Å². The second-order valence-electron chi connectivity index (χ2n) is 6.39. The van der Waals surface area contributed by atoms with Gasteiger partial charge in [0.2, 0.25) is 0 Å². The summed E-state index contributed by atoms with van der Waals surface area (Å²) in [6, 6.07) is 12.8. The lowest BCUT2D eigenvalue weighted by atomic mass is 10.1. The Labute approximate surface area is 166 Å². The van der Waals surface area contributed by atoms with Crippen LogP contribution < -0.4 is 14.8 Å². The molecule has 0 radical (unpaired) electrons. The zero-order valence-electron chi connectivity index (χ0n) is 17.0. The van der Waals surface area contributed by atoms with E-state index in [-0.39, 0.29) is 18.4 Å². The van der Waals surface area contributed by atoms with Crippen molar-refractivity contribution in [3.8, 4) is 11.5 Å². The van der Waals surface area contributed by atoms with Crippen molar-refractivity contribution >= 4 is 11.8 Å². The van der Waals surface area contributed by atoms with Crippen molar-refractivity contribution in [1.82, 2.24) is 10.2 Å². The van der Waals surface area contributed by atoms with Crippen molar-refractivity contribution < 1.29 is 19.1 Å². The number of nitrogens with one attached hydrogen (secondary N) is 1. The van der Waals surface area contributed by atoms with Gasteiger partial charge in [0.05, 0.1) is 7.11 Å². The van der Waals surface area contributed by atoms with Crippen molar-refractivity contribution in [3.63, 3.8) is 0 Å². The fourth-order valence-electron chi connectivity index (χ4n) is 2.75. The van der Waals surface area contributed by atoms with Crippen LogP contribution in [-0.2, 0) is 11.3 Å². The summed E-state index contributed by atoms with van der Waals surface area (Å²) >= 11 is 0. The van der Waals surface area contributed by atoms with E-state index in [9.17, 15) is 9.59 Å². The summed E-state index contributed by atoms with van der Waals surface area (Å²) in [4.78, 5) is 26.1. The Balaban J connectivity index is 1.85. The number of carbonyl (C=O) groups excluding carboxylic acids is 2. The molecule has 0 fully saturated rings. The van der Waals surface area contributed by atoms with Crippen LogP contribution in [0.3, 0.4) is 0 Å². The number of hydrogen-bond donors (Lipinski definition) is 1. The van der Waals surface area contributed by atoms with Gasteiger partial charge < -0.3 is 19.7 Å². The molecule has 2 aromatic carbocycles. The molecule has 0 spiro atoms. The van der Waals surface area contributed by atoms with Crippen molar-refractivity contribution in [2.24, 2.45) is 0 Å². The van der Waals surface area contributed by atoms with E-state index in [1.165, 1.54) is 0 Å². The molecular formula is C22H28N2O4. The summed E-state index contributed by atoms with van der Waals surface area (Å²) in [5.74, 6) is 0.913. The molecule has 2 rings (SSSR count). The lowest BCUT2D eigenvalue weighted by Crippen LogP contribution is -2.30. The quantitative estimate of drug-likeness (QED) is 0.721. The second-order valence-corrected chi connectivity index (χ2v) is 6.39. The van der Waals surface area contributed by atoms with E-state index in [4.69, 9.17) is 9.47 Å². The summed E-state index contributed by atoms with van der Waals surface area (Å²) in [6.07, 6.45) is 0. The monoisotopic (exact) mass is 384 g/mol. The molecule has 0 atom stereocenters. The van der Waals surface area contributed by atoms with Crippen LogP contribution in [0.4, 0.5) is 0 Å². The summed E-state index contributed by atoms with van der Waals surface area (Å²) < 4.78 is 10.8. The number of amides is 2. The molecule has 0 aromatic heterocycles. The Hall–Kier alpha value is -3.02. The summed E-state index contributed by atoms with van der Waals surface area (Å²) in [7, 11) is 1.57. The molecule has 6 heteroatoms. The third kappa shape index (κ3) is 5.74. The van der Waals surface area contributed by atoms with Crippen molar-refractivity contribution in [3.05, 3.63) is 59.2 Å². The maximum Gasteiger partial charge on any atom is 0.258 e. The van der Waals surface area contributed by atoms with Crippen LogP contribution in [0.1, 0.15) is 35.3 Å². The van der Waals surface area contributed by atoms with Gasteiger partial charge in [-0.15, -0.1) is 0 Å². The van der Waals surface area contributed by atoms with Crippen LogP contribution in [0.5, 0.6) is 11.5 Å². The molecule has 0 aliphatic heterocycles. The highest BCUT2D eigenvalue weighted by Gasteiger charge is 2.12. The summed E-state index contributed by atoms with van der Waals surface area (Å²) in [5.41, 5.74) is 2.61. The van der Waals surface area contributed by atoms with Gasteiger partial charge in [0, 0.05) is 25.2 Å². The molecular weight excluding hydrogens is 356 g/mol. The van der Waals surface area contributed by atoms with E-state index in [1.807, 2.05) is 45.0 Å². The highest BCUT2D eigenvalue weighted by Crippen LogP contribution is 2.27. The van der Waals surface area contributed by atoms with Crippen LogP contribution in [0.25, 0.3) is 0 Å². The molecule has 1 N–H and O–H groups in total. The van der Waals surface area contributed by atoms with E-state index in [0.717, 1.165) is 11.1 Å². The molecule has 0 unspecified atom stereocenters. The largest absolute Gasteiger partial charge is 0.493 e. The fraction of sp³-hybridized carbons (Fsp3) is 0.364. The minimum Gasteiger partial charge on any atom is -0.493 e. The number of carbonyl (C=O) groups is 2. The molecule has 0 heterocycles. The minimum absolute atomic E-state index is 0.0148. The molecule has 0 aliphatic rings. The van der Waals surface area contributed by atoms with Gasteiger partial charge in [0.1, 0.15) is 0 Å². The highest BCUT2D eigenvalue weighted by molar-refractivity contribution is 5.94. The Kier molecular flexibility index (Phi) is 7.87. The lowest BCUT2D eigenvalue weighted by molar-refractivity contribution is -0.123. The Morgan fingerprint density at radius 1 is 1.00 bits per heavy atom. The predicted molar refractivity (Wildman–Crippen MR) is 109 cm³/mol. The zero-order valence-corrected chi connectivity index (χ0v) is 17.0. The standard InChI is InChI=1S/C22H28N2O4/c1-5-24(6-2)22(26)18-10-8-17(9-11-18)14-23-21(25)15-28-19-12-7-16(3)13-20(19)27-4/h7-13H,5-6,14-15H2,1-4H3,(H,23,25). The third-order valence-electron chi connectivity index (χ3n) is 4.42. The normalized spacial score (nSPS) is 10.3. The molecule has 2 aromatic rings. The van der Waals surface area contributed by atoms with Crippen LogP contribution in [0.2, 0.25) is 0 Å². The van der Waals surface area contributed by atoms with Crippen LogP contribution in [0.15, 0.2) is 42.5 Å². The van der Waals surface area contributed by atoms with E-state index in [0.29, 0.717) is 36.7 Å². The van der Waals surface area contributed by atoms with E-state index in [2.05, 4.69) is 5.32 Å². The molecule has 28 heavy (non-hydrogen) atoms. The number of methoxy groups -OCH3 is 1. The Morgan fingerprint density at radius 3 is 2.29 bits per heavy atom. The van der Waals surface area contributed by atoms with Crippen molar-refractivity contribution in [2.75, 3.05) is 26.8 Å². The first kappa shape index (κ1) is 21.3. The van der Waals surface area contributed by atoms with Gasteiger partial charge in [0.15, 0.2) is 18.1 Å². The van der Waals surface area contributed by atoms with Gasteiger partial charge >= 0.3 is 0 Å². The second kappa shape index (κ2) is 10.3. The first-order valence-corrected chi connectivity index (χ1v) is 9.40. The average molecular weight is 384 g/mol. The number of ether oxygens (including phenoxy) is 2. The number of benzene rings is 2. The van der Waals surface area contributed by atoms with Crippen molar-refractivity contribution in [1.29, 1.82) is 0 Å². The molecule has 6 nitrogen and oxygen atoms in total. The molecule has 0 saturated carbocycles. The maximum absolute atomic E-state index is 12.3. The number of hydrogen-bond acceptors (Lipinski definition) is 4. The molecule has 0 saturated heterocycles. The number of rotatable bonds is 9. The first-order chi connectivity index (χ1) is 13.5. The van der Waals surface area contributed by atoms with Gasteiger partial charge in [-0.2, -0.15) is 0 Å². The third-order valence-corrected chi connectivity index (χ3v) is 4.42. The molecule has 150 valence electrons. The Morgan fingerprint density at radius 2 is 1.68 bits per heavy atom. The molecule has 2 amide bonds. The SMILES string of the molecule is CCN(CC)C(=O)c1ccc(CNC(=O)COc2ccc(C)cc2OC)cc1. The molecule has 0 bridgehead atoms. The van der Waals surface area contributed by atoms with Crippen LogP contribution in [0, 0.1) is 6.92 Å². The first-order valence-electron chi connectivity index (χ1n) is 9.40. The number of aryl methyl sites for hydroxylation is 1. The summed E-state index contributed by atoms with van der Waals surface area (Å²) in [6.45, 7) is 7.50. The van der Waals surface area contributed by atoms with E-state index < -0.39 is 0 Å². The minimum atomic E-state index is -0.231. The van der Waals surface area contributed by atoms with Gasteiger partial charge in [0.25, 0.3) is 11.8 Å². The van der Waals surface area contributed by atoms with E-state index in [1.54, 1.807) is 30.2 Å². The lowest BCUT2D eigenvalue weighted by Gasteiger charge is -2.18. The van der Waals surface area contributed by atoms with Gasteiger partial charge in [-0.25, -0.2) is 0 Å². The topological polar surface area (TPSA) is 67.9 Å². The summed E-state index contributed by atoms with van der Waals surface area (Å²) in [5, 5.41) is 2.81.